The van der Waals surface area contributed by atoms with E-state index < -0.39 is 58.8 Å². The molecule has 9 nitrogen and oxygen atoms in total. The monoisotopic (exact) mass is 516 g/mol. The van der Waals surface area contributed by atoms with Crippen molar-refractivity contribution in [2.24, 2.45) is 17.3 Å². The fourth-order valence-electron chi connectivity index (χ4n) is 7.02. The molecule has 2 bridgehead atoms. The van der Waals surface area contributed by atoms with Crippen molar-refractivity contribution in [2.75, 3.05) is 6.61 Å². The minimum Gasteiger partial charge on any atom is -0.465 e. The molecule has 1 spiro atoms. The molecule has 0 unspecified atom stereocenters. The average molecular weight is 517 g/mol. The third-order valence-electron chi connectivity index (χ3n) is 8.43. The van der Waals surface area contributed by atoms with E-state index in [1.54, 1.807) is 30.3 Å². The Kier molecular flexibility index (Phi) is 7.14. The van der Waals surface area contributed by atoms with Crippen LogP contribution in [0.2, 0.25) is 0 Å². The molecule has 3 aliphatic rings. The lowest BCUT2D eigenvalue weighted by Gasteiger charge is -2.62. The Balaban J connectivity index is 1.93. The first kappa shape index (κ1) is 27.1. The van der Waals surface area contributed by atoms with Crippen LogP contribution >= 0.6 is 0 Å². The smallest absolute Gasteiger partial charge is 0.338 e. The summed E-state index contributed by atoms with van der Waals surface area (Å²) in [5.74, 6) is -2.62. The summed E-state index contributed by atoms with van der Waals surface area (Å²) in [6.07, 6.45) is -1.11. The first-order valence-corrected chi connectivity index (χ1v) is 12.8. The fourth-order valence-corrected chi connectivity index (χ4v) is 7.02. The lowest BCUT2D eigenvalue weighted by molar-refractivity contribution is -0.302. The van der Waals surface area contributed by atoms with Gasteiger partial charge in [0.2, 0.25) is 0 Å². The second-order valence-corrected chi connectivity index (χ2v) is 11.0. The predicted octanol–water partition coefficient (Wildman–Crippen LogP) is 3.62. The van der Waals surface area contributed by atoms with Crippen LogP contribution in [-0.2, 0) is 38.1 Å². The van der Waals surface area contributed by atoms with E-state index in [-0.39, 0.29) is 24.9 Å². The third-order valence-corrected chi connectivity index (χ3v) is 8.43. The summed E-state index contributed by atoms with van der Waals surface area (Å²) in [4.78, 5) is 50.2. The van der Waals surface area contributed by atoms with Crippen molar-refractivity contribution in [2.45, 2.75) is 90.3 Å². The first-order valence-electron chi connectivity index (χ1n) is 12.8. The number of carbonyl (C=O) groups is 4. The molecule has 0 radical (unpaired) electrons. The summed E-state index contributed by atoms with van der Waals surface area (Å²) < 4.78 is 30.6. The second kappa shape index (κ2) is 9.74. The summed E-state index contributed by atoms with van der Waals surface area (Å²) in [7, 11) is 0. The maximum atomic E-state index is 13.4. The number of esters is 4. The van der Waals surface area contributed by atoms with Gasteiger partial charge in [0.1, 0.15) is 35.9 Å². The van der Waals surface area contributed by atoms with Gasteiger partial charge in [-0.05, 0) is 51.2 Å². The first-order chi connectivity index (χ1) is 17.3. The molecular formula is C28H36O9. The maximum Gasteiger partial charge on any atom is 0.338 e. The van der Waals surface area contributed by atoms with Gasteiger partial charge in [0.25, 0.3) is 0 Å². The van der Waals surface area contributed by atoms with Gasteiger partial charge in [0.05, 0.1) is 11.2 Å². The number of benzene rings is 1. The van der Waals surface area contributed by atoms with E-state index in [9.17, 15) is 19.2 Å². The van der Waals surface area contributed by atoms with Crippen LogP contribution in [-0.4, -0.2) is 60.0 Å². The van der Waals surface area contributed by atoms with Gasteiger partial charge in [0.15, 0.2) is 0 Å². The molecule has 2 saturated carbocycles. The Labute approximate surface area is 217 Å². The average Bonchev–Trinajstić information content (AvgIpc) is 2.97. The molecule has 1 aromatic carbocycles. The number of rotatable bonds is 6. The predicted molar refractivity (Wildman–Crippen MR) is 130 cm³/mol. The van der Waals surface area contributed by atoms with E-state index in [1.165, 1.54) is 20.8 Å². The Morgan fingerprint density at radius 2 is 1.54 bits per heavy atom. The Morgan fingerprint density at radius 1 is 0.892 bits per heavy atom. The van der Waals surface area contributed by atoms with Gasteiger partial charge in [0, 0.05) is 26.7 Å². The van der Waals surface area contributed by atoms with Gasteiger partial charge in [-0.3, -0.25) is 14.4 Å². The molecule has 1 aromatic rings. The highest BCUT2D eigenvalue weighted by molar-refractivity contribution is 5.89. The van der Waals surface area contributed by atoms with Crippen molar-refractivity contribution >= 4 is 23.9 Å². The molecule has 1 heterocycles. The van der Waals surface area contributed by atoms with Gasteiger partial charge in [-0.1, -0.05) is 25.1 Å². The Morgan fingerprint density at radius 3 is 2.14 bits per heavy atom. The minimum absolute atomic E-state index is 0.207. The topological polar surface area (TPSA) is 114 Å². The van der Waals surface area contributed by atoms with Gasteiger partial charge in [-0.2, -0.15) is 0 Å². The zero-order chi connectivity index (χ0) is 27.2. The van der Waals surface area contributed by atoms with Crippen LogP contribution in [0, 0.1) is 17.3 Å². The molecule has 9 heteroatoms. The largest absolute Gasteiger partial charge is 0.465 e. The van der Waals surface area contributed by atoms with Crippen molar-refractivity contribution in [3.63, 3.8) is 0 Å². The molecule has 2 aliphatic carbocycles. The zero-order valence-corrected chi connectivity index (χ0v) is 22.3. The standard InChI is InChI=1S/C28H36O9/c1-16-12-13-22(34-18(3)30)27(15-33-17(2)29)23(36-25(32)20-10-8-7-9-11-20)14-21-24(35-19(4)31)28(16,27)37-26(21,5)6/h7-11,16,21-24H,12-15H2,1-6H3/t16-,21-,22+,23+,24-,27+,28-/m1/s1. The quantitative estimate of drug-likeness (QED) is 0.413. The van der Waals surface area contributed by atoms with Crippen molar-refractivity contribution in [1.29, 1.82) is 0 Å². The molecule has 1 aliphatic heterocycles. The molecule has 0 N–H and O–H groups in total. The SMILES string of the molecule is CC(=O)OC[C@@]12[C@@H](OC(C)=O)CC[C@@H](C)[C@]13OC(C)(C)[C@H](C[C@@H]2OC(=O)c1ccccc1)[C@H]3OC(C)=O. The van der Waals surface area contributed by atoms with E-state index >= 15 is 0 Å². The van der Waals surface area contributed by atoms with Crippen LogP contribution in [0.1, 0.15) is 71.2 Å². The lowest BCUT2D eigenvalue weighted by atomic mass is 9.48. The van der Waals surface area contributed by atoms with E-state index in [2.05, 4.69) is 0 Å². The summed E-state index contributed by atoms with van der Waals surface area (Å²) >= 11 is 0. The number of hydrogen-bond donors (Lipinski definition) is 0. The number of hydrogen-bond acceptors (Lipinski definition) is 9. The van der Waals surface area contributed by atoms with Crippen molar-refractivity contribution in [1.82, 2.24) is 0 Å². The normalized spacial score (nSPS) is 35.6. The van der Waals surface area contributed by atoms with Gasteiger partial charge in [-0.25, -0.2) is 4.79 Å². The van der Waals surface area contributed by atoms with Crippen molar-refractivity contribution in [3.05, 3.63) is 35.9 Å². The molecule has 3 fully saturated rings. The molecule has 202 valence electrons. The second-order valence-electron chi connectivity index (χ2n) is 11.0. The van der Waals surface area contributed by atoms with Gasteiger partial charge < -0.3 is 23.7 Å². The highest BCUT2D eigenvalue weighted by Gasteiger charge is 2.81. The number of ether oxygens (including phenoxy) is 5. The molecule has 7 atom stereocenters. The molecule has 0 amide bonds. The molecule has 37 heavy (non-hydrogen) atoms. The van der Waals surface area contributed by atoms with E-state index in [0.717, 1.165) is 0 Å². The molecule has 0 aromatic heterocycles. The summed E-state index contributed by atoms with van der Waals surface area (Å²) in [6.45, 7) is 9.53. The number of carbonyl (C=O) groups excluding carboxylic acids is 4. The van der Waals surface area contributed by atoms with Crippen LogP contribution in [0.15, 0.2) is 30.3 Å². The molecule has 1 saturated heterocycles. The van der Waals surface area contributed by atoms with E-state index in [1.807, 2.05) is 20.8 Å². The fraction of sp³-hybridized carbons (Fsp3) is 0.643. The molecular weight excluding hydrogens is 480 g/mol. The highest BCUT2D eigenvalue weighted by Crippen LogP contribution is 2.67. The third kappa shape index (κ3) is 4.41. The summed E-state index contributed by atoms with van der Waals surface area (Å²) in [5.41, 5.74) is -2.99. The van der Waals surface area contributed by atoms with Crippen LogP contribution in [0.5, 0.6) is 0 Å². The summed E-state index contributed by atoms with van der Waals surface area (Å²) in [5, 5.41) is 0. The lowest BCUT2D eigenvalue weighted by Crippen LogP contribution is -2.76. The van der Waals surface area contributed by atoms with Crippen molar-refractivity contribution in [3.8, 4) is 0 Å². The van der Waals surface area contributed by atoms with Crippen LogP contribution in [0.4, 0.5) is 0 Å². The Hall–Kier alpha value is -2.94. The van der Waals surface area contributed by atoms with Gasteiger partial charge in [-0.15, -0.1) is 0 Å². The molecule has 4 rings (SSSR count). The van der Waals surface area contributed by atoms with E-state index in [4.69, 9.17) is 23.7 Å². The summed E-state index contributed by atoms with van der Waals surface area (Å²) in [6, 6.07) is 8.59. The van der Waals surface area contributed by atoms with E-state index in [0.29, 0.717) is 18.4 Å². The zero-order valence-electron chi connectivity index (χ0n) is 22.3. The minimum atomic E-state index is -1.32. The van der Waals surface area contributed by atoms with Gasteiger partial charge >= 0.3 is 23.9 Å². The maximum absolute atomic E-state index is 13.4. The van der Waals surface area contributed by atoms with Crippen LogP contribution in [0.3, 0.4) is 0 Å². The van der Waals surface area contributed by atoms with Crippen LogP contribution < -0.4 is 0 Å². The Bertz CT molecular complexity index is 1070. The highest BCUT2D eigenvalue weighted by atomic mass is 16.6. The van der Waals surface area contributed by atoms with Crippen LogP contribution in [0.25, 0.3) is 0 Å². The van der Waals surface area contributed by atoms with Crippen molar-refractivity contribution < 1.29 is 42.9 Å². The number of fused-ring (bicyclic) bond motifs is 1.